The Morgan fingerprint density at radius 1 is 0.971 bits per heavy atom. The normalized spacial score (nSPS) is 10.9. The number of carbonyl (C=O) groups excluding carboxylic acids is 2. The predicted octanol–water partition coefficient (Wildman–Crippen LogP) is 3.40. The fraction of sp³-hybridized carbons (Fsp3) is 0.208. The van der Waals surface area contributed by atoms with Gasteiger partial charge in [-0.2, -0.15) is 0 Å². The molecule has 0 aliphatic carbocycles. The maximum atomic E-state index is 12.7. The molecule has 0 saturated carbocycles. The molecule has 0 saturated heterocycles. The summed E-state index contributed by atoms with van der Waals surface area (Å²) in [6.07, 6.45) is 2.19. The lowest BCUT2D eigenvalue weighted by Crippen LogP contribution is -2.25. The second-order valence-corrected chi connectivity index (χ2v) is 9.08. The van der Waals surface area contributed by atoms with E-state index < -0.39 is 10.0 Å². The van der Waals surface area contributed by atoms with E-state index in [0.717, 1.165) is 0 Å². The number of hydrogen-bond acceptors (Lipinski definition) is 7. The van der Waals surface area contributed by atoms with Gasteiger partial charge in [-0.3, -0.25) is 14.3 Å². The summed E-state index contributed by atoms with van der Waals surface area (Å²) in [4.78, 5) is 27.8. The lowest BCUT2D eigenvalue weighted by molar-refractivity contribution is -0.114. The molecule has 10 nitrogen and oxygen atoms in total. The highest BCUT2D eigenvalue weighted by Gasteiger charge is 2.16. The molecule has 1 heterocycles. The number of pyridine rings is 1. The van der Waals surface area contributed by atoms with Crippen LogP contribution in [0.15, 0.2) is 71.8 Å². The summed E-state index contributed by atoms with van der Waals surface area (Å²) >= 11 is 0. The number of methoxy groups -OCH3 is 1. The average Bonchev–Trinajstić information content (AvgIpc) is 2.83. The van der Waals surface area contributed by atoms with Crippen molar-refractivity contribution in [1.82, 2.24) is 10.3 Å². The summed E-state index contributed by atoms with van der Waals surface area (Å²) in [6.45, 7) is 2.36. The number of ether oxygens (including phenoxy) is 2. The Labute approximate surface area is 203 Å². The highest BCUT2D eigenvalue weighted by Crippen LogP contribution is 2.25. The Morgan fingerprint density at radius 2 is 1.66 bits per heavy atom. The van der Waals surface area contributed by atoms with Crippen molar-refractivity contribution in [3.05, 3.63) is 72.4 Å². The fourth-order valence-electron chi connectivity index (χ4n) is 3.00. The molecule has 0 atom stereocenters. The Balaban J connectivity index is 1.66. The first-order chi connectivity index (χ1) is 16.8. The Kier molecular flexibility index (Phi) is 8.76. The van der Waals surface area contributed by atoms with Gasteiger partial charge < -0.3 is 20.1 Å². The number of nitrogens with zero attached hydrogens (tertiary/aromatic N) is 1. The molecule has 2 aromatic carbocycles. The van der Waals surface area contributed by atoms with Gasteiger partial charge in [0.1, 0.15) is 11.3 Å². The second-order valence-electron chi connectivity index (χ2n) is 7.40. The van der Waals surface area contributed by atoms with Gasteiger partial charge >= 0.3 is 0 Å². The molecule has 0 radical (unpaired) electrons. The largest absolute Gasteiger partial charge is 0.438 e. The van der Waals surface area contributed by atoms with Crippen LogP contribution in [0.25, 0.3) is 0 Å². The summed E-state index contributed by atoms with van der Waals surface area (Å²) in [7, 11) is -2.24. The van der Waals surface area contributed by atoms with Gasteiger partial charge in [0.15, 0.2) is 0 Å². The SMILES string of the molecule is COCCCNC(=O)c1cccnc1Oc1ccc(NS(=O)(=O)c2ccc(NC(C)=O)cc2)cc1. The molecule has 3 rings (SSSR count). The second kappa shape index (κ2) is 12.0. The number of aromatic nitrogens is 1. The van der Waals surface area contributed by atoms with E-state index in [4.69, 9.17) is 9.47 Å². The highest BCUT2D eigenvalue weighted by molar-refractivity contribution is 7.92. The molecule has 0 bridgehead atoms. The van der Waals surface area contributed by atoms with Crippen molar-refractivity contribution >= 4 is 33.2 Å². The van der Waals surface area contributed by atoms with Gasteiger partial charge in [0.2, 0.25) is 11.8 Å². The molecule has 0 unspecified atom stereocenters. The molecule has 0 fully saturated rings. The molecule has 1 aromatic heterocycles. The van der Waals surface area contributed by atoms with Crippen LogP contribution in [0.4, 0.5) is 11.4 Å². The van der Waals surface area contributed by atoms with Crippen LogP contribution in [0.1, 0.15) is 23.7 Å². The van der Waals surface area contributed by atoms with Gasteiger partial charge in [0.05, 0.1) is 4.90 Å². The Morgan fingerprint density at radius 3 is 2.31 bits per heavy atom. The van der Waals surface area contributed by atoms with Gasteiger partial charge in [-0.05, 0) is 67.1 Å². The van der Waals surface area contributed by atoms with E-state index in [1.54, 1.807) is 31.4 Å². The lowest BCUT2D eigenvalue weighted by Gasteiger charge is -2.12. The first-order valence-corrected chi connectivity index (χ1v) is 12.2. The molecular weight excluding hydrogens is 472 g/mol. The molecular formula is C24H26N4O6S. The fourth-order valence-corrected chi connectivity index (χ4v) is 4.05. The molecule has 0 aliphatic rings. The van der Waals surface area contributed by atoms with Crippen molar-refractivity contribution in [2.75, 3.05) is 30.3 Å². The van der Waals surface area contributed by atoms with Crippen LogP contribution in [-0.4, -0.2) is 45.5 Å². The maximum absolute atomic E-state index is 12.7. The molecule has 0 spiro atoms. The van der Waals surface area contributed by atoms with Crippen LogP contribution >= 0.6 is 0 Å². The molecule has 0 aliphatic heterocycles. The maximum Gasteiger partial charge on any atom is 0.261 e. The molecule has 3 aromatic rings. The molecule has 35 heavy (non-hydrogen) atoms. The summed E-state index contributed by atoms with van der Waals surface area (Å²) in [6, 6.07) is 15.2. The minimum atomic E-state index is -3.84. The van der Waals surface area contributed by atoms with Crippen molar-refractivity contribution in [2.45, 2.75) is 18.2 Å². The first-order valence-electron chi connectivity index (χ1n) is 10.7. The molecule has 3 N–H and O–H groups in total. The van der Waals surface area contributed by atoms with Crippen molar-refractivity contribution in [3.8, 4) is 11.6 Å². The molecule has 11 heteroatoms. The third-order valence-corrected chi connectivity index (χ3v) is 6.03. The van der Waals surface area contributed by atoms with E-state index >= 15 is 0 Å². The number of amides is 2. The lowest BCUT2D eigenvalue weighted by atomic mass is 10.2. The van der Waals surface area contributed by atoms with E-state index in [1.165, 1.54) is 49.5 Å². The quantitative estimate of drug-likeness (QED) is 0.345. The van der Waals surface area contributed by atoms with Crippen LogP contribution in [0, 0.1) is 0 Å². The van der Waals surface area contributed by atoms with E-state index in [9.17, 15) is 18.0 Å². The summed E-state index contributed by atoms with van der Waals surface area (Å²) in [5.74, 6) is -0.0660. The van der Waals surface area contributed by atoms with Gasteiger partial charge in [0.25, 0.3) is 15.9 Å². The van der Waals surface area contributed by atoms with Crippen molar-refractivity contribution in [2.24, 2.45) is 0 Å². The zero-order valence-electron chi connectivity index (χ0n) is 19.3. The van der Waals surface area contributed by atoms with Crippen LogP contribution < -0.4 is 20.1 Å². The Bertz CT molecular complexity index is 1260. The highest BCUT2D eigenvalue weighted by atomic mass is 32.2. The van der Waals surface area contributed by atoms with Gasteiger partial charge in [-0.1, -0.05) is 0 Å². The standard InChI is InChI=1S/C24H26N4O6S/c1-17(29)27-18-8-12-21(13-9-18)35(31,32)28-19-6-10-20(11-7-19)34-24-22(5-3-14-26-24)23(30)25-15-4-16-33-2/h3,5-14,28H,4,15-16H2,1-2H3,(H,25,30)(H,27,29). The van der Waals surface area contributed by atoms with Crippen LogP contribution in [0.3, 0.4) is 0 Å². The van der Waals surface area contributed by atoms with Crippen molar-refractivity contribution in [1.29, 1.82) is 0 Å². The number of anilines is 2. The first kappa shape index (κ1) is 25.7. The number of carbonyl (C=O) groups is 2. The monoisotopic (exact) mass is 498 g/mol. The van der Waals surface area contributed by atoms with Gasteiger partial charge in [-0.25, -0.2) is 13.4 Å². The number of sulfonamides is 1. The van der Waals surface area contributed by atoms with E-state index in [2.05, 4.69) is 20.3 Å². The van der Waals surface area contributed by atoms with Crippen molar-refractivity contribution < 1.29 is 27.5 Å². The van der Waals surface area contributed by atoms with Crippen LogP contribution in [0.5, 0.6) is 11.6 Å². The summed E-state index contributed by atoms with van der Waals surface area (Å²) in [5, 5.41) is 5.37. The topological polar surface area (TPSA) is 136 Å². The number of hydrogen-bond donors (Lipinski definition) is 3. The zero-order chi connectivity index (χ0) is 25.3. The minimum absolute atomic E-state index is 0.0431. The predicted molar refractivity (Wildman–Crippen MR) is 131 cm³/mol. The average molecular weight is 499 g/mol. The van der Waals surface area contributed by atoms with Gasteiger partial charge in [0, 0.05) is 44.8 Å². The third-order valence-electron chi connectivity index (χ3n) is 4.63. The number of benzene rings is 2. The van der Waals surface area contributed by atoms with E-state index in [1.807, 2.05) is 0 Å². The zero-order valence-corrected chi connectivity index (χ0v) is 20.1. The van der Waals surface area contributed by atoms with E-state index in [-0.39, 0.29) is 28.2 Å². The van der Waals surface area contributed by atoms with Crippen LogP contribution in [0.2, 0.25) is 0 Å². The molecule has 184 valence electrons. The smallest absolute Gasteiger partial charge is 0.261 e. The number of nitrogens with one attached hydrogen (secondary N) is 3. The summed E-state index contributed by atoms with van der Waals surface area (Å²) in [5.41, 5.74) is 1.09. The van der Waals surface area contributed by atoms with Gasteiger partial charge in [-0.15, -0.1) is 0 Å². The van der Waals surface area contributed by atoms with E-state index in [0.29, 0.717) is 36.7 Å². The van der Waals surface area contributed by atoms with Crippen molar-refractivity contribution in [3.63, 3.8) is 0 Å². The minimum Gasteiger partial charge on any atom is -0.438 e. The molecule has 2 amide bonds. The third kappa shape index (κ3) is 7.52. The Hall–Kier alpha value is -3.96. The number of rotatable bonds is 11. The van der Waals surface area contributed by atoms with Crippen LogP contribution in [-0.2, 0) is 19.6 Å². The summed E-state index contributed by atoms with van der Waals surface area (Å²) < 4.78 is 38.6.